The SMILES string of the molecule is CN1CCC(C(C)(F)c2ccc(Br)cc2)C1. The van der Waals surface area contributed by atoms with Gasteiger partial charge < -0.3 is 4.90 Å². The molecule has 1 aromatic carbocycles. The highest BCUT2D eigenvalue weighted by atomic mass is 79.9. The van der Waals surface area contributed by atoms with Crippen LogP contribution in [0.2, 0.25) is 0 Å². The fourth-order valence-corrected chi connectivity index (χ4v) is 2.65. The van der Waals surface area contributed by atoms with E-state index in [1.165, 1.54) is 0 Å². The highest BCUT2D eigenvalue weighted by Crippen LogP contribution is 2.39. The van der Waals surface area contributed by atoms with Crippen molar-refractivity contribution in [2.24, 2.45) is 5.92 Å². The van der Waals surface area contributed by atoms with E-state index in [9.17, 15) is 4.39 Å². The van der Waals surface area contributed by atoms with Gasteiger partial charge in [0.2, 0.25) is 0 Å². The number of alkyl halides is 1. The fourth-order valence-electron chi connectivity index (χ4n) is 2.39. The van der Waals surface area contributed by atoms with Crippen LogP contribution in [0.15, 0.2) is 28.7 Å². The smallest absolute Gasteiger partial charge is 0.137 e. The average Bonchev–Trinajstić information content (AvgIpc) is 2.66. The Morgan fingerprint density at radius 1 is 1.38 bits per heavy atom. The van der Waals surface area contributed by atoms with Crippen LogP contribution in [-0.4, -0.2) is 25.0 Å². The molecule has 1 aliphatic rings. The predicted molar refractivity (Wildman–Crippen MR) is 68.2 cm³/mol. The molecule has 1 aromatic rings. The van der Waals surface area contributed by atoms with E-state index >= 15 is 0 Å². The summed E-state index contributed by atoms with van der Waals surface area (Å²) in [6.07, 6.45) is 0.944. The molecule has 3 heteroatoms. The zero-order valence-electron chi connectivity index (χ0n) is 9.71. The average molecular weight is 286 g/mol. The Morgan fingerprint density at radius 3 is 2.50 bits per heavy atom. The molecule has 1 heterocycles. The highest BCUT2D eigenvalue weighted by molar-refractivity contribution is 9.10. The summed E-state index contributed by atoms with van der Waals surface area (Å²) >= 11 is 3.37. The largest absolute Gasteiger partial charge is 0.306 e. The number of benzene rings is 1. The first-order valence-corrected chi connectivity index (χ1v) is 6.43. The van der Waals surface area contributed by atoms with E-state index < -0.39 is 5.67 Å². The van der Waals surface area contributed by atoms with Gasteiger partial charge in [0.25, 0.3) is 0 Å². The van der Waals surface area contributed by atoms with Crippen LogP contribution in [0.4, 0.5) is 4.39 Å². The summed E-state index contributed by atoms with van der Waals surface area (Å²) in [5.41, 5.74) is -0.429. The summed E-state index contributed by atoms with van der Waals surface area (Å²) < 4.78 is 15.8. The van der Waals surface area contributed by atoms with Gasteiger partial charge in [0, 0.05) is 16.9 Å². The van der Waals surface area contributed by atoms with Crippen LogP contribution in [0.5, 0.6) is 0 Å². The number of hydrogen-bond donors (Lipinski definition) is 0. The van der Waals surface area contributed by atoms with Gasteiger partial charge in [0.15, 0.2) is 0 Å². The van der Waals surface area contributed by atoms with Gasteiger partial charge in [-0.3, -0.25) is 0 Å². The Kier molecular flexibility index (Phi) is 3.36. The zero-order valence-corrected chi connectivity index (χ0v) is 11.3. The Hall–Kier alpha value is -0.410. The van der Waals surface area contributed by atoms with Gasteiger partial charge in [0.05, 0.1) is 0 Å². The van der Waals surface area contributed by atoms with E-state index in [-0.39, 0.29) is 5.92 Å². The Balaban J connectivity index is 2.21. The maximum atomic E-state index is 14.8. The van der Waals surface area contributed by atoms with Crippen molar-refractivity contribution in [2.75, 3.05) is 20.1 Å². The second-order valence-electron chi connectivity index (χ2n) is 4.83. The first kappa shape index (κ1) is 12.1. The first-order chi connectivity index (χ1) is 7.50. The molecule has 0 saturated carbocycles. The maximum absolute atomic E-state index is 14.8. The van der Waals surface area contributed by atoms with Crippen LogP contribution >= 0.6 is 15.9 Å². The van der Waals surface area contributed by atoms with Crippen LogP contribution in [0.25, 0.3) is 0 Å². The minimum Gasteiger partial charge on any atom is -0.306 e. The lowest BCUT2D eigenvalue weighted by atomic mass is 9.84. The number of halogens is 2. The molecule has 1 nitrogen and oxygen atoms in total. The lowest BCUT2D eigenvalue weighted by molar-refractivity contribution is 0.106. The monoisotopic (exact) mass is 285 g/mol. The van der Waals surface area contributed by atoms with Crippen molar-refractivity contribution in [3.8, 4) is 0 Å². The van der Waals surface area contributed by atoms with E-state index in [0.29, 0.717) is 0 Å². The summed E-state index contributed by atoms with van der Waals surface area (Å²) in [4.78, 5) is 2.20. The van der Waals surface area contributed by atoms with Crippen molar-refractivity contribution in [2.45, 2.75) is 19.0 Å². The van der Waals surface area contributed by atoms with Gasteiger partial charge in [-0.1, -0.05) is 28.1 Å². The predicted octanol–water partition coefficient (Wildman–Crippen LogP) is 3.59. The second-order valence-corrected chi connectivity index (χ2v) is 5.75. The van der Waals surface area contributed by atoms with E-state index in [1.54, 1.807) is 6.92 Å². The molecule has 16 heavy (non-hydrogen) atoms. The molecule has 0 radical (unpaired) electrons. The molecule has 88 valence electrons. The van der Waals surface area contributed by atoms with Crippen LogP contribution in [0.1, 0.15) is 18.9 Å². The van der Waals surface area contributed by atoms with Crippen molar-refractivity contribution in [3.05, 3.63) is 34.3 Å². The Labute approximate surface area is 105 Å². The van der Waals surface area contributed by atoms with Gasteiger partial charge >= 0.3 is 0 Å². The third-order valence-electron chi connectivity index (χ3n) is 3.57. The van der Waals surface area contributed by atoms with Gasteiger partial charge in [0.1, 0.15) is 5.67 Å². The fraction of sp³-hybridized carbons (Fsp3) is 0.538. The molecule has 0 aromatic heterocycles. The minimum atomic E-state index is -1.22. The third kappa shape index (κ3) is 2.30. The quantitative estimate of drug-likeness (QED) is 0.803. The molecule has 2 atom stereocenters. The van der Waals surface area contributed by atoms with Crippen LogP contribution in [0.3, 0.4) is 0 Å². The Bertz CT molecular complexity index is 361. The molecule has 2 unspecified atom stereocenters. The topological polar surface area (TPSA) is 3.24 Å². The molecule has 0 N–H and O–H groups in total. The van der Waals surface area contributed by atoms with Crippen molar-refractivity contribution >= 4 is 15.9 Å². The molecular formula is C13H17BrFN. The van der Waals surface area contributed by atoms with Crippen molar-refractivity contribution in [1.82, 2.24) is 4.90 Å². The van der Waals surface area contributed by atoms with E-state index in [2.05, 4.69) is 27.9 Å². The number of rotatable bonds is 2. The van der Waals surface area contributed by atoms with Gasteiger partial charge in [-0.05, 0) is 44.6 Å². The van der Waals surface area contributed by atoms with Crippen molar-refractivity contribution in [1.29, 1.82) is 0 Å². The lowest BCUT2D eigenvalue weighted by Crippen LogP contribution is -2.29. The zero-order chi connectivity index (χ0) is 11.8. The van der Waals surface area contributed by atoms with Crippen LogP contribution in [0, 0.1) is 5.92 Å². The van der Waals surface area contributed by atoms with E-state index in [4.69, 9.17) is 0 Å². The molecule has 0 spiro atoms. The third-order valence-corrected chi connectivity index (χ3v) is 4.10. The lowest BCUT2D eigenvalue weighted by Gasteiger charge is -2.27. The minimum absolute atomic E-state index is 0.110. The summed E-state index contributed by atoms with van der Waals surface area (Å²) in [6, 6.07) is 7.57. The standard InChI is InChI=1S/C13H17BrFN/c1-13(15,11-7-8-16(2)9-11)10-3-5-12(14)6-4-10/h3-6,11H,7-9H2,1-2H3. The summed E-state index contributed by atoms with van der Waals surface area (Å²) in [5, 5.41) is 0. The second kappa shape index (κ2) is 4.46. The Morgan fingerprint density at radius 2 is 2.00 bits per heavy atom. The van der Waals surface area contributed by atoms with Gasteiger partial charge in [-0.2, -0.15) is 0 Å². The van der Waals surface area contributed by atoms with Crippen molar-refractivity contribution < 1.29 is 4.39 Å². The molecule has 0 amide bonds. The van der Waals surface area contributed by atoms with E-state index in [0.717, 1.165) is 29.5 Å². The molecular weight excluding hydrogens is 269 g/mol. The molecule has 0 aliphatic carbocycles. The van der Waals surface area contributed by atoms with E-state index in [1.807, 2.05) is 24.3 Å². The highest BCUT2D eigenvalue weighted by Gasteiger charge is 2.39. The van der Waals surface area contributed by atoms with Gasteiger partial charge in [-0.25, -0.2) is 4.39 Å². The first-order valence-electron chi connectivity index (χ1n) is 5.63. The van der Waals surface area contributed by atoms with Crippen LogP contribution in [-0.2, 0) is 5.67 Å². The number of likely N-dealkylation sites (tertiary alicyclic amines) is 1. The number of hydrogen-bond acceptors (Lipinski definition) is 1. The summed E-state index contributed by atoms with van der Waals surface area (Å²) in [6.45, 7) is 3.56. The molecule has 1 saturated heterocycles. The molecule has 0 bridgehead atoms. The molecule has 1 fully saturated rings. The van der Waals surface area contributed by atoms with Gasteiger partial charge in [-0.15, -0.1) is 0 Å². The molecule has 2 rings (SSSR count). The normalized spacial score (nSPS) is 25.6. The number of nitrogens with zero attached hydrogens (tertiary/aromatic N) is 1. The molecule has 1 aliphatic heterocycles. The van der Waals surface area contributed by atoms with Crippen LogP contribution < -0.4 is 0 Å². The maximum Gasteiger partial charge on any atom is 0.137 e. The van der Waals surface area contributed by atoms with Crippen molar-refractivity contribution in [3.63, 3.8) is 0 Å². The summed E-state index contributed by atoms with van der Waals surface area (Å²) in [5.74, 6) is 0.110. The summed E-state index contributed by atoms with van der Waals surface area (Å²) in [7, 11) is 2.05.